The van der Waals surface area contributed by atoms with Crippen molar-refractivity contribution in [1.82, 2.24) is 20.5 Å². The number of hydrogen-bond donors (Lipinski definition) is 2. The number of carbonyl (C=O) groups is 1. The summed E-state index contributed by atoms with van der Waals surface area (Å²) in [6.07, 6.45) is 0. The van der Waals surface area contributed by atoms with Crippen molar-refractivity contribution in [3.63, 3.8) is 0 Å². The molecule has 0 aliphatic rings. The number of aromatic nitrogens is 1. The lowest BCUT2D eigenvalue weighted by atomic mass is 10.2. The van der Waals surface area contributed by atoms with Gasteiger partial charge in [-0.05, 0) is 38.5 Å². The normalized spacial score (nSPS) is 10.9. The molecule has 0 saturated carbocycles. The van der Waals surface area contributed by atoms with Crippen LogP contribution in [0.1, 0.15) is 28.1 Å². The third-order valence-electron chi connectivity index (χ3n) is 3.94. The van der Waals surface area contributed by atoms with E-state index in [0.29, 0.717) is 18.8 Å². The fraction of sp³-hybridized carbons (Fsp3) is 0.450. The Kier molecular flexibility index (Phi) is 11.0. The Morgan fingerprint density at radius 1 is 1.28 bits per heavy atom. The topological polar surface area (TPSA) is 78.9 Å². The summed E-state index contributed by atoms with van der Waals surface area (Å²) >= 11 is 1.70. The van der Waals surface area contributed by atoms with Crippen molar-refractivity contribution < 1.29 is 9.53 Å². The summed E-state index contributed by atoms with van der Waals surface area (Å²) in [6.45, 7) is 8.09. The van der Waals surface area contributed by atoms with Crippen LogP contribution >= 0.6 is 35.3 Å². The van der Waals surface area contributed by atoms with Crippen molar-refractivity contribution in [2.75, 3.05) is 27.2 Å². The average molecular weight is 531 g/mol. The van der Waals surface area contributed by atoms with Gasteiger partial charge in [-0.3, -0.25) is 4.79 Å². The summed E-state index contributed by atoms with van der Waals surface area (Å²) in [5.74, 6) is 1.34. The van der Waals surface area contributed by atoms with E-state index in [-0.39, 0.29) is 36.5 Å². The van der Waals surface area contributed by atoms with Crippen LogP contribution in [0.5, 0.6) is 5.75 Å². The molecule has 0 unspecified atom stereocenters. The number of likely N-dealkylation sites (N-methyl/N-ethyl adjacent to an activating group) is 1. The molecular weight excluding hydrogens is 501 g/mol. The van der Waals surface area contributed by atoms with Crippen LogP contribution in [0.4, 0.5) is 0 Å². The zero-order chi connectivity index (χ0) is 20.5. The van der Waals surface area contributed by atoms with Crippen LogP contribution in [0.2, 0.25) is 0 Å². The molecule has 9 heteroatoms. The molecule has 0 atom stereocenters. The zero-order valence-electron chi connectivity index (χ0n) is 17.6. The summed E-state index contributed by atoms with van der Waals surface area (Å²) in [7, 11) is 3.42. The number of aryl methyl sites for hydroxylation is 2. The molecule has 0 aliphatic heterocycles. The van der Waals surface area contributed by atoms with Gasteiger partial charge in [0.25, 0.3) is 5.91 Å². The first kappa shape index (κ1) is 25.2. The first-order chi connectivity index (χ1) is 13.4. The summed E-state index contributed by atoms with van der Waals surface area (Å²) in [5, 5.41) is 7.68. The highest BCUT2D eigenvalue weighted by Crippen LogP contribution is 2.17. The molecule has 160 valence electrons. The summed E-state index contributed by atoms with van der Waals surface area (Å²) in [5.41, 5.74) is 2.07. The van der Waals surface area contributed by atoms with E-state index in [0.717, 1.165) is 28.8 Å². The molecule has 1 heterocycles. The average Bonchev–Trinajstić information content (AvgIpc) is 2.99. The first-order valence-electron chi connectivity index (χ1n) is 9.26. The minimum Gasteiger partial charge on any atom is -0.484 e. The lowest BCUT2D eigenvalue weighted by Gasteiger charge is -2.12. The number of amides is 1. The van der Waals surface area contributed by atoms with Crippen LogP contribution in [-0.4, -0.2) is 49.0 Å². The van der Waals surface area contributed by atoms with E-state index >= 15 is 0 Å². The van der Waals surface area contributed by atoms with Crippen LogP contribution in [0, 0.1) is 13.8 Å². The third kappa shape index (κ3) is 8.57. The predicted molar refractivity (Wildman–Crippen MR) is 129 cm³/mol. The molecule has 0 saturated heterocycles. The van der Waals surface area contributed by atoms with Crippen LogP contribution in [0.15, 0.2) is 29.3 Å². The van der Waals surface area contributed by atoms with Gasteiger partial charge in [-0.2, -0.15) is 0 Å². The second kappa shape index (κ2) is 12.6. The van der Waals surface area contributed by atoms with Gasteiger partial charge in [0.15, 0.2) is 12.6 Å². The van der Waals surface area contributed by atoms with Crippen molar-refractivity contribution >= 4 is 47.2 Å². The molecule has 29 heavy (non-hydrogen) atoms. The largest absolute Gasteiger partial charge is 0.484 e. The second-order valence-electron chi connectivity index (χ2n) is 6.51. The Labute approximate surface area is 194 Å². The van der Waals surface area contributed by atoms with Gasteiger partial charge in [-0.1, -0.05) is 12.1 Å². The number of carbonyl (C=O) groups excluding carboxylic acids is 1. The highest BCUT2D eigenvalue weighted by molar-refractivity contribution is 14.0. The van der Waals surface area contributed by atoms with E-state index < -0.39 is 0 Å². The Morgan fingerprint density at radius 2 is 2.03 bits per heavy atom. The first-order valence-corrected chi connectivity index (χ1v) is 10.1. The maximum absolute atomic E-state index is 11.7. The molecule has 7 nitrogen and oxygen atoms in total. The Balaban J connectivity index is 0.00000420. The summed E-state index contributed by atoms with van der Waals surface area (Å²) in [6, 6.07) is 7.65. The molecule has 0 radical (unpaired) electrons. The van der Waals surface area contributed by atoms with Gasteiger partial charge >= 0.3 is 0 Å². The van der Waals surface area contributed by atoms with E-state index in [4.69, 9.17) is 4.74 Å². The van der Waals surface area contributed by atoms with Gasteiger partial charge in [0.05, 0.1) is 23.8 Å². The number of aliphatic imine (C=N–C) groups is 1. The predicted octanol–water partition coefficient (Wildman–Crippen LogP) is 3.10. The quantitative estimate of drug-likeness (QED) is 0.311. The fourth-order valence-corrected chi connectivity index (χ4v) is 3.30. The molecule has 1 amide bonds. The number of benzene rings is 1. The van der Waals surface area contributed by atoms with Crippen LogP contribution in [0.3, 0.4) is 0 Å². The SMILES string of the molecule is CCNC(=NCc1cccc(OCC(=O)N(C)C)c1)NCc1sc(C)nc1C.I. The van der Waals surface area contributed by atoms with E-state index in [1.54, 1.807) is 25.4 Å². The molecule has 0 spiro atoms. The molecular formula is C20H30IN5O2S. The van der Waals surface area contributed by atoms with E-state index in [2.05, 4.69) is 20.6 Å². The molecule has 0 fully saturated rings. The molecule has 1 aromatic carbocycles. The number of guanidine groups is 1. The smallest absolute Gasteiger partial charge is 0.259 e. The van der Waals surface area contributed by atoms with E-state index in [1.807, 2.05) is 45.0 Å². The van der Waals surface area contributed by atoms with E-state index in [1.165, 1.54) is 9.78 Å². The second-order valence-corrected chi connectivity index (χ2v) is 7.80. The standard InChI is InChI=1S/C20H29N5O2S.HI/c1-6-21-20(23-12-18-14(2)24-15(3)28-18)22-11-16-8-7-9-17(10-16)27-13-19(26)25(4)5;/h7-10H,6,11-13H2,1-5H3,(H2,21,22,23);1H. The van der Waals surface area contributed by atoms with Crippen molar-refractivity contribution in [2.45, 2.75) is 33.9 Å². The van der Waals surface area contributed by atoms with Crippen molar-refractivity contribution in [2.24, 2.45) is 4.99 Å². The lowest BCUT2D eigenvalue weighted by molar-refractivity contribution is -0.130. The van der Waals surface area contributed by atoms with Gasteiger partial charge in [0, 0.05) is 25.5 Å². The highest BCUT2D eigenvalue weighted by atomic mass is 127. The molecule has 2 aromatic rings. The van der Waals surface area contributed by atoms with Crippen molar-refractivity contribution in [1.29, 1.82) is 0 Å². The number of rotatable bonds is 8. The number of nitrogens with one attached hydrogen (secondary N) is 2. The van der Waals surface area contributed by atoms with Gasteiger partial charge in [0.2, 0.25) is 0 Å². The zero-order valence-corrected chi connectivity index (χ0v) is 20.8. The third-order valence-corrected chi connectivity index (χ3v) is 5.01. The minimum atomic E-state index is -0.0735. The molecule has 2 rings (SSSR count). The molecule has 2 N–H and O–H groups in total. The van der Waals surface area contributed by atoms with Crippen molar-refractivity contribution in [3.8, 4) is 5.75 Å². The van der Waals surface area contributed by atoms with Crippen LogP contribution in [0.25, 0.3) is 0 Å². The van der Waals surface area contributed by atoms with Gasteiger partial charge in [-0.25, -0.2) is 9.98 Å². The Bertz CT molecular complexity index is 823. The van der Waals surface area contributed by atoms with Gasteiger partial charge in [-0.15, -0.1) is 35.3 Å². The maximum atomic E-state index is 11.7. The Hall–Kier alpha value is -1.88. The molecule has 1 aromatic heterocycles. The number of ether oxygens (including phenoxy) is 1. The number of nitrogens with zero attached hydrogens (tertiary/aromatic N) is 3. The summed E-state index contributed by atoms with van der Waals surface area (Å²) < 4.78 is 5.57. The van der Waals surface area contributed by atoms with Gasteiger partial charge in [0.1, 0.15) is 5.75 Å². The lowest BCUT2D eigenvalue weighted by Crippen LogP contribution is -2.36. The minimum absolute atomic E-state index is 0. The maximum Gasteiger partial charge on any atom is 0.259 e. The Morgan fingerprint density at radius 3 is 2.66 bits per heavy atom. The number of thiazole rings is 1. The number of halogens is 1. The van der Waals surface area contributed by atoms with Gasteiger partial charge < -0.3 is 20.3 Å². The molecule has 0 bridgehead atoms. The van der Waals surface area contributed by atoms with Crippen molar-refractivity contribution in [3.05, 3.63) is 45.4 Å². The highest BCUT2D eigenvalue weighted by Gasteiger charge is 2.07. The van der Waals surface area contributed by atoms with Crippen LogP contribution in [-0.2, 0) is 17.9 Å². The van der Waals surface area contributed by atoms with Crippen LogP contribution < -0.4 is 15.4 Å². The summed E-state index contributed by atoms with van der Waals surface area (Å²) in [4.78, 5) is 23.5. The fourth-order valence-electron chi connectivity index (χ4n) is 2.42. The molecule has 0 aliphatic carbocycles. The number of hydrogen-bond acceptors (Lipinski definition) is 5. The monoisotopic (exact) mass is 531 g/mol. The van der Waals surface area contributed by atoms with E-state index in [9.17, 15) is 4.79 Å².